The molecule has 1 N–H and O–H groups in total. The molecule has 1 saturated heterocycles. The number of nitro groups is 1. The van der Waals surface area contributed by atoms with Gasteiger partial charge in [0.2, 0.25) is 0 Å². The number of halogens is 1. The van der Waals surface area contributed by atoms with Gasteiger partial charge < -0.3 is 13.9 Å². The van der Waals surface area contributed by atoms with Gasteiger partial charge in [0.05, 0.1) is 42.9 Å². The Kier molecular flexibility index (Phi) is 6.01. The molecule has 5 rings (SSSR count). The summed E-state index contributed by atoms with van der Waals surface area (Å²) < 4.78 is 16.5. The largest absolute Gasteiger partial charge is 0.493 e. The summed E-state index contributed by atoms with van der Waals surface area (Å²) in [6.45, 7) is 0. The van der Waals surface area contributed by atoms with Crippen molar-refractivity contribution in [3.05, 3.63) is 87.7 Å². The van der Waals surface area contributed by atoms with Gasteiger partial charge in [0.1, 0.15) is 16.8 Å². The molecular formula is C24H23BrN4O5. The maximum Gasteiger partial charge on any atom is 0.433 e. The molecule has 1 fully saturated rings. The lowest BCUT2D eigenvalue weighted by Gasteiger charge is -2.42. The third-order valence-electron chi connectivity index (χ3n) is 6.19. The van der Waals surface area contributed by atoms with Gasteiger partial charge in [0, 0.05) is 0 Å². The first kappa shape index (κ1) is 22.4. The summed E-state index contributed by atoms with van der Waals surface area (Å²) in [7, 11) is 3.21. The summed E-state index contributed by atoms with van der Waals surface area (Å²) in [6, 6.07) is 18.5. The topological polar surface area (TPSA) is 102 Å². The van der Waals surface area contributed by atoms with Crippen molar-refractivity contribution in [2.45, 2.75) is 29.5 Å². The maximum absolute atomic E-state index is 11.2. The van der Waals surface area contributed by atoms with Crippen molar-refractivity contribution < 1.29 is 18.8 Å². The van der Waals surface area contributed by atoms with E-state index < -0.39 is 4.92 Å². The quantitative estimate of drug-likeness (QED) is 0.279. The van der Waals surface area contributed by atoms with E-state index in [9.17, 15) is 10.1 Å². The Balaban J connectivity index is 1.56. The number of methoxy groups -OCH3 is 2. The molecular weight excluding hydrogens is 504 g/mol. The fourth-order valence-corrected chi connectivity index (χ4v) is 5.31. The molecule has 3 aromatic rings. The van der Waals surface area contributed by atoms with Gasteiger partial charge in [0.25, 0.3) is 0 Å². The molecule has 0 bridgehead atoms. The summed E-state index contributed by atoms with van der Waals surface area (Å²) in [5.74, 6) is 1.51. The monoisotopic (exact) mass is 526 g/mol. The smallest absolute Gasteiger partial charge is 0.433 e. The highest BCUT2D eigenvalue weighted by Crippen LogP contribution is 2.44. The Morgan fingerprint density at radius 3 is 2.56 bits per heavy atom. The number of furan rings is 1. The highest BCUT2D eigenvalue weighted by Gasteiger charge is 2.46. The highest BCUT2D eigenvalue weighted by molar-refractivity contribution is 9.10. The van der Waals surface area contributed by atoms with Crippen LogP contribution in [0.3, 0.4) is 0 Å². The number of rotatable bonds is 6. The number of ether oxygens (including phenoxy) is 2. The van der Waals surface area contributed by atoms with E-state index in [0.717, 1.165) is 16.8 Å². The number of fused-ring (bicyclic) bond motifs is 1. The Morgan fingerprint density at radius 1 is 1.12 bits per heavy atom. The van der Waals surface area contributed by atoms with E-state index in [1.165, 1.54) is 6.07 Å². The van der Waals surface area contributed by atoms with Gasteiger partial charge in [-0.3, -0.25) is 20.4 Å². The minimum Gasteiger partial charge on any atom is -0.493 e. The molecule has 34 heavy (non-hydrogen) atoms. The first-order valence-corrected chi connectivity index (χ1v) is 11.7. The Labute approximate surface area is 204 Å². The van der Waals surface area contributed by atoms with Gasteiger partial charge in [-0.25, -0.2) is 0 Å². The molecule has 2 aliphatic heterocycles. The van der Waals surface area contributed by atoms with Gasteiger partial charge >= 0.3 is 5.88 Å². The van der Waals surface area contributed by atoms with Gasteiger partial charge in [-0.1, -0.05) is 52.3 Å². The van der Waals surface area contributed by atoms with E-state index in [2.05, 4.69) is 26.3 Å². The van der Waals surface area contributed by atoms with Crippen molar-refractivity contribution in [1.82, 2.24) is 10.3 Å². The van der Waals surface area contributed by atoms with Crippen LogP contribution in [0.1, 0.15) is 35.4 Å². The minimum atomic E-state index is -0.524. The predicted octanol–water partition coefficient (Wildman–Crippen LogP) is 4.79. The zero-order chi connectivity index (χ0) is 23.8. The van der Waals surface area contributed by atoms with Crippen LogP contribution in [0.25, 0.3) is 0 Å². The lowest BCUT2D eigenvalue weighted by Crippen LogP contribution is -2.53. The van der Waals surface area contributed by atoms with Gasteiger partial charge in [-0.2, -0.15) is 5.10 Å². The van der Waals surface area contributed by atoms with Crippen molar-refractivity contribution in [3.8, 4) is 11.5 Å². The van der Waals surface area contributed by atoms with Crippen LogP contribution in [0.5, 0.6) is 11.5 Å². The SMILES string of the molecule is COc1ccc(C2CC(c3ccc([N+](=O)[O-])o3)NC3C(Br)C(c4ccccc4)=NN23)cc1OC. The summed E-state index contributed by atoms with van der Waals surface area (Å²) in [5.41, 5.74) is 2.93. The van der Waals surface area contributed by atoms with E-state index in [1.54, 1.807) is 20.3 Å². The standard InChI is InChI=1S/C24H23BrN4O5/c1-32-19-9-8-15(12-20(19)33-2)17-13-16(18-10-11-21(34-18)29(30)31)26-24-22(25)23(27-28(17)24)14-6-4-3-5-7-14/h3-12,16-17,22,24,26H,13H2,1-2H3. The number of benzene rings is 2. The van der Waals surface area contributed by atoms with Crippen LogP contribution < -0.4 is 14.8 Å². The van der Waals surface area contributed by atoms with Gasteiger partial charge in [-0.15, -0.1) is 0 Å². The number of hydrogen-bond donors (Lipinski definition) is 1. The molecule has 10 heteroatoms. The minimum absolute atomic E-state index is 0.106. The van der Waals surface area contributed by atoms with Crippen LogP contribution >= 0.6 is 15.9 Å². The van der Waals surface area contributed by atoms with E-state index in [-0.39, 0.29) is 29.0 Å². The third kappa shape index (κ3) is 3.92. The second-order valence-electron chi connectivity index (χ2n) is 8.10. The number of alkyl halides is 1. The van der Waals surface area contributed by atoms with Crippen molar-refractivity contribution in [3.63, 3.8) is 0 Å². The lowest BCUT2D eigenvalue weighted by atomic mass is 9.93. The van der Waals surface area contributed by atoms with Crippen LogP contribution in [-0.4, -0.2) is 40.9 Å². The van der Waals surface area contributed by atoms with E-state index in [1.807, 2.05) is 48.5 Å². The van der Waals surface area contributed by atoms with Gasteiger partial charge in [0.15, 0.2) is 11.5 Å². The number of nitrogens with one attached hydrogen (secondary N) is 1. The molecule has 176 valence electrons. The Hall–Kier alpha value is -3.37. The highest BCUT2D eigenvalue weighted by atomic mass is 79.9. The van der Waals surface area contributed by atoms with Crippen LogP contribution in [0.4, 0.5) is 5.88 Å². The predicted molar refractivity (Wildman–Crippen MR) is 129 cm³/mol. The van der Waals surface area contributed by atoms with E-state index >= 15 is 0 Å². The molecule has 9 nitrogen and oxygen atoms in total. The van der Waals surface area contributed by atoms with E-state index in [4.69, 9.17) is 19.0 Å². The molecule has 2 aliphatic rings. The van der Waals surface area contributed by atoms with Crippen molar-refractivity contribution in [2.24, 2.45) is 5.10 Å². The maximum atomic E-state index is 11.2. The van der Waals surface area contributed by atoms with E-state index in [0.29, 0.717) is 23.7 Å². The fourth-order valence-electron chi connectivity index (χ4n) is 4.56. The zero-order valence-electron chi connectivity index (χ0n) is 18.6. The van der Waals surface area contributed by atoms with Crippen LogP contribution in [-0.2, 0) is 0 Å². The number of nitrogens with zero attached hydrogens (tertiary/aromatic N) is 3. The molecule has 0 aliphatic carbocycles. The zero-order valence-corrected chi connectivity index (χ0v) is 20.1. The number of hydrogen-bond acceptors (Lipinski definition) is 8. The van der Waals surface area contributed by atoms with Crippen molar-refractivity contribution in [1.29, 1.82) is 0 Å². The van der Waals surface area contributed by atoms with Crippen molar-refractivity contribution in [2.75, 3.05) is 14.2 Å². The Morgan fingerprint density at radius 2 is 1.88 bits per heavy atom. The normalized spacial score (nSPS) is 23.9. The molecule has 2 aromatic carbocycles. The van der Waals surface area contributed by atoms with Crippen LogP contribution in [0.15, 0.2) is 70.2 Å². The molecule has 3 heterocycles. The second kappa shape index (κ2) is 9.11. The lowest BCUT2D eigenvalue weighted by molar-refractivity contribution is -0.402. The van der Waals surface area contributed by atoms with Crippen LogP contribution in [0.2, 0.25) is 0 Å². The molecule has 0 saturated carbocycles. The summed E-state index contributed by atoms with van der Waals surface area (Å²) >= 11 is 3.84. The first-order chi connectivity index (χ1) is 16.5. The van der Waals surface area contributed by atoms with Crippen LogP contribution in [0, 0.1) is 10.1 Å². The van der Waals surface area contributed by atoms with Crippen molar-refractivity contribution >= 4 is 27.5 Å². The average Bonchev–Trinajstić information content (AvgIpc) is 3.49. The number of hydrazone groups is 1. The molecule has 1 aromatic heterocycles. The summed E-state index contributed by atoms with van der Waals surface area (Å²) in [5, 5.41) is 21.8. The molecule has 4 unspecified atom stereocenters. The first-order valence-electron chi connectivity index (χ1n) is 10.8. The molecule has 0 spiro atoms. The molecule has 4 atom stereocenters. The molecule has 0 amide bonds. The third-order valence-corrected chi connectivity index (χ3v) is 7.13. The average molecular weight is 527 g/mol. The fraction of sp³-hybridized carbons (Fsp3) is 0.292. The summed E-state index contributed by atoms with van der Waals surface area (Å²) in [4.78, 5) is 10.5. The summed E-state index contributed by atoms with van der Waals surface area (Å²) in [6.07, 6.45) is 0.387. The Bertz CT molecular complexity index is 1230. The van der Waals surface area contributed by atoms with Gasteiger partial charge in [-0.05, 0) is 35.7 Å². The molecule has 0 radical (unpaired) electrons. The second-order valence-corrected chi connectivity index (χ2v) is 9.08.